The molecule has 2 fully saturated rings. The zero-order valence-corrected chi connectivity index (χ0v) is 15.3. The summed E-state index contributed by atoms with van der Waals surface area (Å²) in [6.07, 6.45) is 4.24. The molecule has 3 heterocycles. The van der Waals surface area contributed by atoms with Crippen LogP contribution in [-0.2, 0) is 6.42 Å². The Labute approximate surface area is 158 Å². The normalized spacial score (nSPS) is 26.1. The topological polar surface area (TPSA) is 94.9 Å². The highest BCUT2D eigenvalue weighted by Gasteiger charge is 2.43. The van der Waals surface area contributed by atoms with Gasteiger partial charge in [0.05, 0.1) is 12.6 Å². The molecule has 3 unspecified atom stereocenters. The van der Waals surface area contributed by atoms with Gasteiger partial charge in [-0.3, -0.25) is 9.88 Å². The fourth-order valence-corrected chi connectivity index (χ4v) is 4.78. The van der Waals surface area contributed by atoms with E-state index in [-0.39, 0.29) is 18.1 Å². The lowest BCUT2D eigenvalue weighted by Gasteiger charge is -2.41. The second-order valence-corrected chi connectivity index (χ2v) is 7.49. The second kappa shape index (κ2) is 7.32. The molecule has 27 heavy (non-hydrogen) atoms. The van der Waals surface area contributed by atoms with Crippen molar-refractivity contribution in [1.82, 2.24) is 15.2 Å². The summed E-state index contributed by atoms with van der Waals surface area (Å²) in [6.45, 7) is 0. The van der Waals surface area contributed by atoms with Crippen molar-refractivity contribution in [2.24, 2.45) is 0 Å². The Morgan fingerprint density at radius 3 is 2.74 bits per heavy atom. The molecule has 3 N–H and O–H groups in total. The second-order valence-electron chi connectivity index (χ2n) is 7.49. The first kappa shape index (κ1) is 18.0. The maximum Gasteiger partial charge on any atom is 0.404 e. The lowest BCUT2D eigenvalue weighted by Crippen LogP contribution is -2.54. The number of fused-ring (bicyclic) bond motifs is 3. The van der Waals surface area contributed by atoms with Crippen LogP contribution in [-0.4, -0.2) is 57.7 Å². The molecular weight excluding hydrogens is 346 g/mol. The molecule has 1 amide bonds. The van der Waals surface area contributed by atoms with Gasteiger partial charge in [0, 0.05) is 36.1 Å². The number of aromatic nitrogens is 1. The number of hydrogen-bond donors (Lipinski definition) is 3. The summed E-state index contributed by atoms with van der Waals surface area (Å²) in [5.41, 5.74) is 1.92. The third-order valence-corrected chi connectivity index (χ3v) is 5.90. The summed E-state index contributed by atoms with van der Waals surface area (Å²) in [7, 11) is 1.64. The Hall–Kier alpha value is -2.38. The fourth-order valence-electron chi connectivity index (χ4n) is 4.78. The predicted molar refractivity (Wildman–Crippen MR) is 101 cm³/mol. The number of carboxylic acid groups (broad SMARTS) is 1. The molecule has 144 valence electrons. The zero-order valence-electron chi connectivity index (χ0n) is 15.3. The number of rotatable bonds is 5. The number of pyridine rings is 1. The maximum absolute atomic E-state index is 11.0. The van der Waals surface area contributed by atoms with Crippen LogP contribution in [0, 0.1) is 0 Å². The van der Waals surface area contributed by atoms with Crippen molar-refractivity contribution < 1.29 is 19.7 Å². The Morgan fingerprint density at radius 1 is 1.33 bits per heavy atom. The number of amides is 1. The summed E-state index contributed by atoms with van der Waals surface area (Å²) in [4.78, 5) is 17.5. The smallest absolute Gasteiger partial charge is 0.404 e. The number of aliphatic hydroxyl groups excluding tert-OH is 1. The van der Waals surface area contributed by atoms with Gasteiger partial charge in [-0.05, 0) is 55.5 Å². The van der Waals surface area contributed by atoms with E-state index >= 15 is 0 Å². The summed E-state index contributed by atoms with van der Waals surface area (Å²) in [5.74, 6) is 0.770. The molecule has 2 bridgehead atoms. The van der Waals surface area contributed by atoms with Crippen LogP contribution in [0.1, 0.15) is 31.2 Å². The van der Waals surface area contributed by atoms with Gasteiger partial charge in [0.15, 0.2) is 0 Å². The Bertz CT molecular complexity index is 829. The van der Waals surface area contributed by atoms with E-state index in [1.165, 1.54) is 0 Å². The van der Waals surface area contributed by atoms with Gasteiger partial charge < -0.3 is 20.3 Å². The van der Waals surface area contributed by atoms with Crippen molar-refractivity contribution in [3.05, 3.63) is 36.0 Å². The van der Waals surface area contributed by atoms with Gasteiger partial charge >= 0.3 is 6.09 Å². The van der Waals surface area contributed by atoms with E-state index < -0.39 is 12.3 Å². The average Bonchev–Trinajstić information content (AvgIpc) is 2.92. The number of piperidine rings is 1. The minimum atomic E-state index is -0.967. The standard InChI is InChI=1S/C20H25N3O4/c1-27-16-4-5-18-17(11-16)12(6-7-21-18)8-19(24)23-14-2-3-15(23)10-13(9-14)22-20(25)26/h4-7,11,13-15,19,22,24H,2-3,8-10H2,1H3,(H,25,26). The molecule has 1 aromatic heterocycles. The van der Waals surface area contributed by atoms with Crippen LogP contribution in [0.3, 0.4) is 0 Å². The molecule has 0 spiro atoms. The molecule has 7 nitrogen and oxygen atoms in total. The quantitative estimate of drug-likeness (QED) is 0.747. The van der Waals surface area contributed by atoms with Crippen LogP contribution in [0.25, 0.3) is 10.9 Å². The number of benzene rings is 1. The first-order chi connectivity index (χ1) is 13.0. The average molecular weight is 371 g/mol. The van der Waals surface area contributed by atoms with E-state index in [2.05, 4.69) is 15.2 Å². The van der Waals surface area contributed by atoms with Crippen LogP contribution >= 0.6 is 0 Å². The molecule has 0 saturated carbocycles. The van der Waals surface area contributed by atoms with E-state index in [1.54, 1.807) is 13.3 Å². The van der Waals surface area contributed by atoms with Gasteiger partial charge in [-0.1, -0.05) is 0 Å². The minimum absolute atomic E-state index is 0.0190. The fraction of sp³-hybridized carbons (Fsp3) is 0.500. The molecule has 2 aliphatic rings. The molecule has 7 heteroatoms. The number of nitrogens with one attached hydrogen (secondary N) is 1. The number of nitrogens with zero attached hydrogens (tertiary/aromatic N) is 2. The number of hydrogen-bond acceptors (Lipinski definition) is 5. The maximum atomic E-state index is 11.0. The van der Waals surface area contributed by atoms with Gasteiger partial charge in [0.1, 0.15) is 12.0 Å². The summed E-state index contributed by atoms with van der Waals surface area (Å²) in [6, 6.07) is 8.14. The molecule has 2 saturated heterocycles. The molecule has 1 aromatic carbocycles. The summed E-state index contributed by atoms with van der Waals surface area (Å²) < 4.78 is 5.33. The molecular formula is C20H25N3O4. The number of ether oxygens (including phenoxy) is 1. The summed E-state index contributed by atoms with van der Waals surface area (Å²) in [5, 5.41) is 23.6. The van der Waals surface area contributed by atoms with E-state index in [1.807, 2.05) is 24.3 Å². The van der Waals surface area contributed by atoms with Gasteiger partial charge in [-0.2, -0.15) is 0 Å². The first-order valence-electron chi connectivity index (χ1n) is 9.41. The van der Waals surface area contributed by atoms with Crippen LogP contribution < -0.4 is 10.1 Å². The monoisotopic (exact) mass is 371 g/mol. The number of carbonyl (C=O) groups is 1. The molecule has 4 rings (SSSR count). The van der Waals surface area contributed by atoms with Crippen molar-refractivity contribution in [2.45, 2.75) is 56.5 Å². The van der Waals surface area contributed by atoms with Crippen molar-refractivity contribution in [1.29, 1.82) is 0 Å². The van der Waals surface area contributed by atoms with Crippen LogP contribution in [0.4, 0.5) is 4.79 Å². The van der Waals surface area contributed by atoms with E-state index in [0.717, 1.165) is 47.9 Å². The third-order valence-electron chi connectivity index (χ3n) is 5.90. The lowest BCUT2D eigenvalue weighted by molar-refractivity contribution is -0.0505. The predicted octanol–water partition coefficient (Wildman–Crippen LogP) is 2.37. The van der Waals surface area contributed by atoms with Crippen LogP contribution in [0.2, 0.25) is 0 Å². The van der Waals surface area contributed by atoms with Crippen LogP contribution in [0.15, 0.2) is 30.5 Å². The molecule has 0 aliphatic carbocycles. The van der Waals surface area contributed by atoms with Gasteiger partial charge in [-0.25, -0.2) is 4.79 Å². The number of methoxy groups -OCH3 is 1. The van der Waals surface area contributed by atoms with Crippen molar-refractivity contribution in [3.63, 3.8) is 0 Å². The SMILES string of the molecule is COc1ccc2nccc(CC(O)N3C4CCC3CC(NC(=O)O)C4)c2c1. The molecule has 2 aromatic rings. The van der Waals surface area contributed by atoms with Gasteiger partial charge in [0.2, 0.25) is 0 Å². The van der Waals surface area contributed by atoms with Crippen LogP contribution in [0.5, 0.6) is 5.75 Å². The highest BCUT2D eigenvalue weighted by atomic mass is 16.5. The van der Waals surface area contributed by atoms with E-state index in [0.29, 0.717) is 6.42 Å². The highest BCUT2D eigenvalue weighted by molar-refractivity contribution is 5.83. The van der Waals surface area contributed by atoms with Crippen molar-refractivity contribution in [3.8, 4) is 5.75 Å². The lowest BCUT2D eigenvalue weighted by atomic mass is 9.95. The Morgan fingerprint density at radius 2 is 2.07 bits per heavy atom. The Balaban J connectivity index is 1.52. The third kappa shape index (κ3) is 3.57. The van der Waals surface area contributed by atoms with E-state index in [4.69, 9.17) is 9.84 Å². The number of aliphatic hydroxyl groups is 1. The molecule has 3 atom stereocenters. The highest BCUT2D eigenvalue weighted by Crippen LogP contribution is 2.38. The van der Waals surface area contributed by atoms with Crippen molar-refractivity contribution >= 4 is 17.0 Å². The van der Waals surface area contributed by atoms with Gasteiger partial charge in [-0.15, -0.1) is 0 Å². The van der Waals surface area contributed by atoms with E-state index in [9.17, 15) is 9.90 Å². The minimum Gasteiger partial charge on any atom is -0.497 e. The van der Waals surface area contributed by atoms with Crippen molar-refractivity contribution in [2.75, 3.05) is 7.11 Å². The largest absolute Gasteiger partial charge is 0.497 e. The zero-order chi connectivity index (χ0) is 19.0. The molecule has 2 aliphatic heterocycles. The summed E-state index contributed by atoms with van der Waals surface area (Å²) >= 11 is 0. The Kier molecular flexibility index (Phi) is 4.88. The molecule has 0 radical (unpaired) electrons. The van der Waals surface area contributed by atoms with Gasteiger partial charge in [0.25, 0.3) is 0 Å². The first-order valence-corrected chi connectivity index (χ1v) is 9.41.